The molecule has 0 saturated heterocycles. The van der Waals surface area contributed by atoms with E-state index in [1.807, 2.05) is 28.2 Å². The standard InChI is InChI=1S/C11H13N3O2S2/c1-14(4-9-5-17-7-12-9)11-13-8(6-18-11)3-10(15)16-2/h5-7H,3-4H2,1-2H3. The van der Waals surface area contributed by atoms with Crippen molar-refractivity contribution in [2.75, 3.05) is 19.1 Å². The monoisotopic (exact) mass is 283 g/mol. The number of ether oxygens (including phenoxy) is 1. The fourth-order valence-corrected chi connectivity index (χ4v) is 2.74. The summed E-state index contributed by atoms with van der Waals surface area (Å²) < 4.78 is 4.61. The summed E-state index contributed by atoms with van der Waals surface area (Å²) in [7, 11) is 3.34. The van der Waals surface area contributed by atoms with E-state index < -0.39 is 0 Å². The van der Waals surface area contributed by atoms with Crippen molar-refractivity contribution in [3.05, 3.63) is 27.7 Å². The van der Waals surface area contributed by atoms with Crippen LogP contribution >= 0.6 is 22.7 Å². The molecule has 2 aromatic heterocycles. The van der Waals surface area contributed by atoms with Crippen molar-refractivity contribution in [1.29, 1.82) is 0 Å². The van der Waals surface area contributed by atoms with E-state index in [0.717, 1.165) is 16.5 Å². The molecule has 0 aliphatic rings. The summed E-state index contributed by atoms with van der Waals surface area (Å²) in [5, 5.41) is 4.77. The SMILES string of the molecule is COC(=O)Cc1csc(N(C)Cc2cscn2)n1. The molecule has 2 rings (SSSR count). The van der Waals surface area contributed by atoms with E-state index in [1.54, 1.807) is 11.3 Å². The summed E-state index contributed by atoms with van der Waals surface area (Å²) in [5.74, 6) is -0.269. The van der Waals surface area contributed by atoms with E-state index in [2.05, 4.69) is 14.7 Å². The molecule has 2 heterocycles. The average molecular weight is 283 g/mol. The second kappa shape index (κ2) is 5.92. The Morgan fingerprint density at radius 2 is 2.28 bits per heavy atom. The molecule has 2 aromatic rings. The quantitative estimate of drug-likeness (QED) is 0.785. The van der Waals surface area contributed by atoms with Gasteiger partial charge in [-0.1, -0.05) is 0 Å². The fourth-order valence-electron chi connectivity index (χ4n) is 1.40. The molecule has 5 nitrogen and oxygen atoms in total. The number of carbonyl (C=O) groups is 1. The van der Waals surface area contributed by atoms with Crippen LogP contribution in [0.1, 0.15) is 11.4 Å². The summed E-state index contributed by atoms with van der Waals surface area (Å²) in [5.41, 5.74) is 3.58. The molecule has 0 fully saturated rings. The van der Waals surface area contributed by atoms with Gasteiger partial charge in [-0.2, -0.15) is 0 Å². The van der Waals surface area contributed by atoms with Gasteiger partial charge in [-0.25, -0.2) is 9.97 Å². The second-order valence-electron chi connectivity index (χ2n) is 3.71. The van der Waals surface area contributed by atoms with Crippen LogP contribution < -0.4 is 4.90 Å². The normalized spacial score (nSPS) is 10.3. The van der Waals surface area contributed by atoms with Crippen molar-refractivity contribution >= 4 is 33.8 Å². The van der Waals surface area contributed by atoms with Gasteiger partial charge in [0.1, 0.15) is 0 Å². The number of esters is 1. The van der Waals surface area contributed by atoms with Gasteiger partial charge in [-0.05, 0) is 0 Å². The third-order valence-electron chi connectivity index (χ3n) is 2.30. The summed E-state index contributed by atoms with van der Waals surface area (Å²) in [4.78, 5) is 21.8. The van der Waals surface area contributed by atoms with Gasteiger partial charge < -0.3 is 9.64 Å². The molecule has 7 heteroatoms. The van der Waals surface area contributed by atoms with Crippen LogP contribution in [0.3, 0.4) is 0 Å². The number of carbonyl (C=O) groups excluding carboxylic acids is 1. The van der Waals surface area contributed by atoms with Gasteiger partial charge >= 0.3 is 5.97 Å². The Morgan fingerprint density at radius 1 is 1.44 bits per heavy atom. The predicted octanol–water partition coefficient (Wildman–Crippen LogP) is 1.95. The Bertz CT molecular complexity index is 510. The highest BCUT2D eigenvalue weighted by Gasteiger charge is 2.11. The summed E-state index contributed by atoms with van der Waals surface area (Å²) in [6, 6.07) is 0. The highest BCUT2D eigenvalue weighted by atomic mass is 32.1. The van der Waals surface area contributed by atoms with Crippen molar-refractivity contribution in [3.8, 4) is 0 Å². The molecular weight excluding hydrogens is 270 g/mol. The zero-order valence-corrected chi connectivity index (χ0v) is 11.8. The van der Waals surface area contributed by atoms with E-state index in [0.29, 0.717) is 6.54 Å². The molecule has 0 aliphatic carbocycles. The summed E-state index contributed by atoms with van der Waals surface area (Å²) in [6.07, 6.45) is 0.220. The molecule has 96 valence electrons. The molecule has 0 saturated carbocycles. The predicted molar refractivity (Wildman–Crippen MR) is 72.1 cm³/mol. The van der Waals surface area contributed by atoms with Crippen LogP contribution in [-0.2, 0) is 22.5 Å². The van der Waals surface area contributed by atoms with Crippen LogP contribution in [0.25, 0.3) is 0 Å². The van der Waals surface area contributed by atoms with Crippen LogP contribution in [0.4, 0.5) is 5.13 Å². The van der Waals surface area contributed by atoms with Crippen molar-refractivity contribution in [3.63, 3.8) is 0 Å². The number of rotatable bonds is 5. The number of thiazole rings is 2. The largest absolute Gasteiger partial charge is 0.469 e. The van der Waals surface area contributed by atoms with Crippen molar-refractivity contribution in [1.82, 2.24) is 9.97 Å². The van der Waals surface area contributed by atoms with E-state index >= 15 is 0 Å². The Kier molecular flexibility index (Phi) is 4.27. The molecule has 0 spiro atoms. The zero-order chi connectivity index (χ0) is 13.0. The smallest absolute Gasteiger partial charge is 0.311 e. The lowest BCUT2D eigenvalue weighted by molar-refractivity contribution is -0.139. The van der Waals surface area contributed by atoms with Gasteiger partial charge in [0.25, 0.3) is 0 Å². The molecule has 0 bridgehead atoms. The Labute approximate surface area is 113 Å². The number of nitrogens with zero attached hydrogens (tertiary/aromatic N) is 3. The van der Waals surface area contributed by atoms with Gasteiger partial charge in [0.15, 0.2) is 5.13 Å². The van der Waals surface area contributed by atoms with Crippen molar-refractivity contribution in [2.24, 2.45) is 0 Å². The highest BCUT2D eigenvalue weighted by Crippen LogP contribution is 2.21. The maximum absolute atomic E-state index is 11.1. The van der Waals surface area contributed by atoms with Gasteiger partial charge in [-0.3, -0.25) is 4.79 Å². The summed E-state index contributed by atoms with van der Waals surface area (Å²) >= 11 is 3.09. The lowest BCUT2D eigenvalue weighted by Gasteiger charge is -2.13. The van der Waals surface area contributed by atoms with Crippen LogP contribution in [0.5, 0.6) is 0 Å². The molecular formula is C11H13N3O2S2. The van der Waals surface area contributed by atoms with E-state index in [4.69, 9.17) is 0 Å². The zero-order valence-electron chi connectivity index (χ0n) is 10.1. The lowest BCUT2D eigenvalue weighted by Crippen LogP contribution is -2.16. The number of hydrogen-bond acceptors (Lipinski definition) is 7. The number of methoxy groups -OCH3 is 1. The maximum Gasteiger partial charge on any atom is 0.311 e. The Hall–Kier alpha value is -1.47. The topological polar surface area (TPSA) is 55.3 Å². The first-order valence-corrected chi connectivity index (χ1v) is 7.10. The van der Waals surface area contributed by atoms with Crippen LogP contribution in [0.2, 0.25) is 0 Å². The molecule has 0 radical (unpaired) electrons. The van der Waals surface area contributed by atoms with Crippen LogP contribution in [-0.4, -0.2) is 30.1 Å². The Balaban J connectivity index is 1.98. The number of hydrogen-bond donors (Lipinski definition) is 0. The molecule has 0 N–H and O–H groups in total. The first-order valence-electron chi connectivity index (χ1n) is 5.28. The highest BCUT2D eigenvalue weighted by molar-refractivity contribution is 7.13. The van der Waals surface area contributed by atoms with Gasteiger partial charge in [0, 0.05) is 17.8 Å². The van der Waals surface area contributed by atoms with Crippen molar-refractivity contribution in [2.45, 2.75) is 13.0 Å². The molecule has 0 unspecified atom stereocenters. The average Bonchev–Trinajstić information content (AvgIpc) is 3.00. The van der Waals surface area contributed by atoms with E-state index in [1.165, 1.54) is 18.4 Å². The Morgan fingerprint density at radius 3 is 2.94 bits per heavy atom. The lowest BCUT2D eigenvalue weighted by atomic mass is 10.3. The molecule has 0 atom stereocenters. The fraction of sp³-hybridized carbons (Fsp3) is 0.364. The summed E-state index contributed by atoms with van der Waals surface area (Å²) in [6.45, 7) is 0.717. The van der Waals surface area contributed by atoms with Gasteiger partial charge in [0.05, 0.1) is 37.0 Å². The van der Waals surface area contributed by atoms with Crippen LogP contribution in [0.15, 0.2) is 16.3 Å². The van der Waals surface area contributed by atoms with Gasteiger partial charge in [-0.15, -0.1) is 22.7 Å². The first kappa shape index (κ1) is 13.0. The minimum Gasteiger partial charge on any atom is -0.469 e. The minimum atomic E-state index is -0.269. The molecule has 0 amide bonds. The number of aromatic nitrogens is 2. The van der Waals surface area contributed by atoms with E-state index in [9.17, 15) is 4.79 Å². The molecule has 0 aromatic carbocycles. The van der Waals surface area contributed by atoms with Gasteiger partial charge in [0.2, 0.25) is 0 Å². The van der Waals surface area contributed by atoms with E-state index in [-0.39, 0.29) is 12.4 Å². The number of anilines is 1. The van der Waals surface area contributed by atoms with Crippen LogP contribution in [0, 0.1) is 0 Å². The minimum absolute atomic E-state index is 0.220. The second-order valence-corrected chi connectivity index (χ2v) is 5.27. The third kappa shape index (κ3) is 3.27. The molecule has 0 aliphatic heterocycles. The molecule has 18 heavy (non-hydrogen) atoms. The maximum atomic E-state index is 11.1. The first-order chi connectivity index (χ1) is 8.69. The van der Waals surface area contributed by atoms with Crippen molar-refractivity contribution < 1.29 is 9.53 Å². The third-order valence-corrected chi connectivity index (χ3v) is 3.94.